The number of aliphatic hydroxyl groups is 1. The van der Waals surface area contributed by atoms with Crippen LogP contribution in [0.1, 0.15) is 25.3 Å². The Morgan fingerprint density at radius 1 is 1.38 bits per heavy atom. The number of carboxylic acid groups (broad SMARTS) is 1. The van der Waals surface area contributed by atoms with Gasteiger partial charge < -0.3 is 15.5 Å². The predicted octanol–water partition coefficient (Wildman–Crippen LogP) is 1.15. The van der Waals surface area contributed by atoms with Crippen LogP contribution < -0.4 is 5.32 Å². The second-order valence-corrected chi connectivity index (χ2v) is 5.47. The number of hydrogen-bond acceptors (Lipinski definition) is 3. The smallest absolute Gasteiger partial charge is 0.319 e. The summed E-state index contributed by atoms with van der Waals surface area (Å²) in [7, 11) is 0. The van der Waals surface area contributed by atoms with E-state index in [2.05, 4.69) is 5.32 Å². The van der Waals surface area contributed by atoms with Gasteiger partial charge in [0, 0.05) is 11.6 Å². The summed E-state index contributed by atoms with van der Waals surface area (Å²) in [5.41, 5.74) is -3.39. The van der Waals surface area contributed by atoms with E-state index in [1.807, 2.05) is 0 Å². The molecule has 0 bridgehead atoms. The van der Waals surface area contributed by atoms with Gasteiger partial charge in [0.05, 0.1) is 6.54 Å². The number of rotatable bonds is 5. The van der Waals surface area contributed by atoms with E-state index < -0.39 is 34.5 Å². The summed E-state index contributed by atoms with van der Waals surface area (Å²) in [6, 6.07) is 2.71. The first-order valence-electron chi connectivity index (χ1n) is 6.39. The fourth-order valence-electron chi connectivity index (χ4n) is 2.11. The highest BCUT2D eigenvalue weighted by molar-refractivity contribution is 6.04. The summed E-state index contributed by atoms with van der Waals surface area (Å²) in [6.45, 7) is 0.882. The number of amides is 1. The van der Waals surface area contributed by atoms with Crippen molar-refractivity contribution in [2.75, 3.05) is 6.54 Å². The minimum Gasteiger partial charge on any atom is -0.480 e. The highest BCUT2D eigenvalue weighted by Gasteiger charge is 2.57. The number of hydrogen-bond donors (Lipinski definition) is 3. The Morgan fingerprint density at radius 3 is 2.48 bits per heavy atom. The lowest BCUT2D eigenvalue weighted by atomic mass is 9.94. The number of aliphatic carboxylic acids is 1. The fourth-order valence-corrected chi connectivity index (χ4v) is 2.11. The van der Waals surface area contributed by atoms with Gasteiger partial charge in [-0.05, 0) is 25.8 Å². The molecule has 7 heteroatoms. The van der Waals surface area contributed by atoms with E-state index in [-0.39, 0.29) is 24.9 Å². The molecule has 1 fully saturated rings. The molecule has 0 radical (unpaired) electrons. The minimum absolute atomic E-state index is 0.177. The molecule has 2 rings (SSSR count). The van der Waals surface area contributed by atoms with E-state index in [9.17, 15) is 23.5 Å². The second kappa shape index (κ2) is 5.07. The van der Waals surface area contributed by atoms with Crippen LogP contribution in [0, 0.1) is 17.0 Å². The van der Waals surface area contributed by atoms with Crippen LogP contribution in [-0.2, 0) is 15.2 Å². The molecule has 0 aliphatic heterocycles. The van der Waals surface area contributed by atoms with Gasteiger partial charge in [-0.2, -0.15) is 0 Å². The monoisotopic (exact) mass is 299 g/mol. The average molecular weight is 299 g/mol. The van der Waals surface area contributed by atoms with Crippen LogP contribution in [0.2, 0.25) is 0 Å². The Balaban J connectivity index is 2.08. The van der Waals surface area contributed by atoms with Crippen molar-refractivity contribution in [1.82, 2.24) is 5.32 Å². The molecule has 21 heavy (non-hydrogen) atoms. The number of carbonyl (C=O) groups is 2. The van der Waals surface area contributed by atoms with Crippen molar-refractivity contribution in [1.29, 1.82) is 0 Å². The van der Waals surface area contributed by atoms with Gasteiger partial charge in [0.1, 0.15) is 22.7 Å². The Bertz CT molecular complexity index is 597. The molecule has 3 N–H and O–H groups in total. The Morgan fingerprint density at radius 2 is 2.00 bits per heavy atom. The summed E-state index contributed by atoms with van der Waals surface area (Å²) >= 11 is 0. The molecule has 1 aliphatic rings. The first-order valence-corrected chi connectivity index (χ1v) is 6.39. The molecule has 1 aliphatic carbocycles. The summed E-state index contributed by atoms with van der Waals surface area (Å²) in [5.74, 6) is -3.64. The van der Waals surface area contributed by atoms with E-state index in [0.717, 1.165) is 12.1 Å². The third-order valence-electron chi connectivity index (χ3n) is 3.70. The maximum absolute atomic E-state index is 13.6. The van der Waals surface area contributed by atoms with Crippen molar-refractivity contribution >= 4 is 11.9 Å². The van der Waals surface area contributed by atoms with Gasteiger partial charge in [0.2, 0.25) is 5.91 Å². The standard InChI is InChI=1S/C14H15F2NO4/c1-13(21,9-3-2-8(15)6-10(9)16)7-17-11(18)14(4-5-14)12(19)20/h2-3,6,21H,4-5,7H2,1H3,(H,17,18)(H,19,20)/t13-/m0/s1. The van der Waals surface area contributed by atoms with E-state index in [0.29, 0.717) is 6.07 Å². The van der Waals surface area contributed by atoms with Gasteiger partial charge in [-0.1, -0.05) is 6.07 Å². The highest BCUT2D eigenvalue weighted by Crippen LogP contribution is 2.46. The van der Waals surface area contributed by atoms with Gasteiger partial charge in [-0.15, -0.1) is 0 Å². The van der Waals surface area contributed by atoms with Crippen LogP contribution >= 0.6 is 0 Å². The zero-order chi connectivity index (χ0) is 15.8. The molecule has 1 amide bonds. The van der Waals surface area contributed by atoms with Crippen molar-refractivity contribution in [2.45, 2.75) is 25.4 Å². The van der Waals surface area contributed by atoms with Gasteiger partial charge >= 0.3 is 5.97 Å². The maximum atomic E-state index is 13.6. The van der Waals surface area contributed by atoms with Gasteiger partial charge in [-0.25, -0.2) is 8.78 Å². The molecule has 0 unspecified atom stereocenters. The van der Waals surface area contributed by atoms with E-state index in [1.54, 1.807) is 0 Å². The largest absolute Gasteiger partial charge is 0.480 e. The number of carbonyl (C=O) groups excluding carboxylic acids is 1. The van der Waals surface area contributed by atoms with E-state index in [4.69, 9.17) is 5.11 Å². The average Bonchev–Trinajstić information content (AvgIpc) is 3.17. The third-order valence-corrected chi connectivity index (χ3v) is 3.70. The predicted molar refractivity (Wildman–Crippen MR) is 68.2 cm³/mol. The molecular weight excluding hydrogens is 284 g/mol. The van der Waals surface area contributed by atoms with Crippen LogP contribution in [0.15, 0.2) is 18.2 Å². The Hall–Kier alpha value is -2.02. The Labute approximate surface area is 119 Å². The quantitative estimate of drug-likeness (QED) is 0.712. The van der Waals surface area contributed by atoms with Crippen LogP contribution in [0.5, 0.6) is 0 Å². The minimum atomic E-state index is -1.78. The van der Waals surface area contributed by atoms with E-state index >= 15 is 0 Å². The van der Waals surface area contributed by atoms with Crippen molar-refractivity contribution in [3.8, 4) is 0 Å². The molecule has 114 valence electrons. The fraction of sp³-hybridized carbons (Fsp3) is 0.429. The zero-order valence-corrected chi connectivity index (χ0v) is 11.3. The van der Waals surface area contributed by atoms with Crippen molar-refractivity contribution in [2.24, 2.45) is 5.41 Å². The molecule has 1 saturated carbocycles. The first-order chi connectivity index (χ1) is 9.69. The summed E-state index contributed by atoms with van der Waals surface area (Å²) in [6.07, 6.45) is 0.475. The van der Waals surface area contributed by atoms with Crippen molar-refractivity contribution < 1.29 is 28.6 Å². The molecule has 0 spiro atoms. The highest BCUT2D eigenvalue weighted by atomic mass is 19.1. The lowest BCUT2D eigenvalue weighted by molar-refractivity contribution is -0.149. The van der Waals surface area contributed by atoms with Crippen LogP contribution in [0.3, 0.4) is 0 Å². The zero-order valence-electron chi connectivity index (χ0n) is 11.3. The van der Waals surface area contributed by atoms with Gasteiger partial charge in [-0.3, -0.25) is 9.59 Å². The third kappa shape index (κ3) is 2.87. The molecule has 5 nitrogen and oxygen atoms in total. The molecule has 1 aromatic rings. The summed E-state index contributed by atoms with van der Waals surface area (Å²) in [5, 5.41) is 21.5. The lowest BCUT2D eigenvalue weighted by Gasteiger charge is -2.25. The summed E-state index contributed by atoms with van der Waals surface area (Å²) in [4.78, 5) is 22.8. The SMILES string of the molecule is C[C@](O)(CNC(=O)C1(C(=O)O)CC1)c1ccc(F)cc1F. The number of benzene rings is 1. The van der Waals surface area contributed by atoms with Crippen molar-refractivity contribution in [3.05, 3.63) is 35.4 Å². The lowest BCUT2D eigenvalue weighted by Crippen LogP contribution is -2.44. The number of nitrogens with one attached hydrogen (secondary N) is 1. The molecule has 0 saturated heterocycles. The Kier molecular flexibility index (Phi) is 3.71. The number of halogens is 2. The molecule has 0 heterocycles. The number of carboxylic acids is 1. The maximum Gasteiger partial charge on any atom is 0.319 e. The molecule has 0 aromatic heterocycles. The van der Waals surface area contributed by atoms with Crippen LogP contribution in [-0.4, -0.2) is 28.6 Å². The normalized spacial score (nSPS) is 18.7. The molecule has 1 atom stereocenters. The topological polar surface area (TPSA) is 86.6 Å². The van der Waals surface area contributed by atoms with Crippen LogP contribution in [0.4, 0.5) is 8.78 Å². The van der Waals surface area contributed by atoms with E-state index in [1.165, 1.54) is 6.92 Å². The molecule has 1 aromatic carbocycles. The van der Waals surface area contributed by atoms with Gasteiger partial charge in [0.15, 0.2) is 0 Å². The summed E-state index contributed by atoms with van der Waals surface area (Å²) < 4.78 is 26.5. The first kappa shape index (κ1) is 15.4. The second-order valence-electron chi connectivity index (χ2n) is 5.47. The molecular formula is C14H15F2NO4. The van der Waals surface area contributed by atoms with Gasteiger partial charge in [0.25, 0.3) is 0 Å². The van der Waals surface area contributed by atoms with Crippen LogP contribution in [0.25, 0.3) is 0 Å². The van der Waals surface area contributed by atoms with Crippen molar-refractivity contribution in [3.63, 3.8) is 0 Å².